The number of rotatable bonds is 4. The lowest BCUT2D eigenvalue weighted by Gasteiger charge is -2.26. The van der Waals surface area contributed by atoms with Crippen LogP contribution >= 0.6 is 45.3 Å². The van der Waals surface area contributed by atoms with E-state index in [9.17, 15) is 18.4 Å². The molecule has 2 aliphatic rings. The number of hydrogen-bond donors (Lipinski definition) is 0. The normalized spacial score (nSPS) is 17.6. The number of thiophene rings is 4. The molecule has 0 bridgehead atoms. The molecule has 0 unspecified atom stereocenters. The molecule has 54 heavy (non-hydrogen) atoms. The number of alkyl halides is 6. The molecule has 4 aromatic heterocycles. The number of benzene rings is 2. The van der Waals surface area contributed by atoms with Crippen LogP contribution < -0.4 is 0 Å². The highest BCUT2D eigenvalue weighted by Crippen LogP contribution is 2.67. The lowest BCUT2D eigenvalue weighted by Crippen LogP contribution is -2.48. The molecule has 8 rings (SSSR count). The molecule has 6 aromatic rings. The van der Waals surface area contributed by atoms with Crippen molar-refractivity contribution in [2.75, 3.05) is 0 Å². The SMILES string of the molecule is Cc1sc(C)c(C2=C(c3c(C)sc(C)c3C)C(=O)OC2=O)c1C.Cc1sc2ccccc2c1C1=C(c2c(C)sc3ccccc23)C(F)(F)C(F)(F)C1(F)F. The highest BCUT2D eigenvalue weighted by Gasteiger charge is 2.80. The van der Waals surface area contributed by atoms with E-state index in [1.54, 1.807) is 59.1 Å². The van der Waals surface area contributed by atoms with Gasteiger partial charge in [-0.1, -0.05) is 36.4 Å². The zero-order chi connectivity index (χ0) is 39.4. The Morgan fingerprint density at radius 3 is 1.13 bits per heavy atom. The van der Waals surface area contributed by atoms with Crippen LogP contribution in [0.5, 0.6) is 0 Å². The first-order valence-electron chi connectivity index (χ1n) is 16.7. The standard InChI is InChI=1S/C23H14F6S2.C18H18O3S2/c1-11-17(13-7-3-5-9-15(13)30-11)19-20(22(26,27)23(28,29)21(19,24)25)18-12(2)31-16-10-6-4-8-14(16)18;1-7-9(3)22-11(5)13(7)15-16(18(20)21-17(15)19)14-8(2)10(4)23-12(14)6/h3-10H,1-2H3;1-6H3. The minimum atomic E-state index is -5.56. The molecular weight excluding hydrogens is 783 g/mol. The summed E-state index contributed by atoms with van der Waals surface area (Å²) in [5.41, 5.74) is 1.67. The van der Waals surface area contributed by atoms with Gasteiger partial charge in [-0.3, -0.25) is 0 Å². The maximum atomic E-state index is 15.2. The lowest BCUT2D eigenvalue weighted by molar-refractivity contribution is -0.254. The van der Waals surface area contributed by atoms with Crippen LogP contribution in [0.1, 0.15) is 62.6 Å². The Kier molecular flexibility index (Phi) is 9.23. The molecule has 1 aliphatic heterocycles. The molecular formula is C41H32F6O3S4. The summed E-state index contributed by atoms with van der Waals surface area (Å²) in [6.45, 7) is 15.0. The first kappa shape index (κ1) is 38.2. The van der Waals surface area contributed by atoms with Crippen molar-refractivity contribution in [1.29, 1.82) is 0 Å². The van der Waals surface area contributed by atoms with Crippen LogP contribution in [0, 0.1) is 55.4 Å². The molecule has 0 N–H and O–H groups in total. The van der Waals surface area contributed by atoms with Crippen molar-refractivity contribution in [2.45, 2.75) is 73.2 Å². The van der Waals surface area contributed by atoms with Gasteiger partial charge in [0.05, 0.1) is 11.1 Å². The smallest absolute Gasteiger partial charge is 0.380 e. The molecule has 0 amide bonds. The van der Waals surface area contributed by atoms with Crippen molar-refractivity contribution in [3.63, 3.8) is 0 Å². The summed E-state index contributed by atoms with van der Waals surface area (Å²) in [5.74, 6) is -16.7. The van der Waals surface area contributed by atoms with E-state index in [0.29, 0.717) is 30.3 Å². The van der Waals surface area contributed by atoms with Crippen LogP contribution in [0.25, 0.3) is 42.5 Å². The van der Waals surface area contributed by atoms with Gasteiger partial charge < -0.3 is 4.74 Å². The molecule has 0 spiro atoms. The van der Waals surface area contributed by atoms with Crippen molar-refractivity contribution in [2.24, 2.45) is 0 Å². The Hall–Kier alpha value is -4.04. The van der Waals surface area contributed by atoms with Gasteiger partial charge in [0, 0.05) is 82.8 Å². The van der Waals surface area contributed by atoms with Gasteiger partial charge in [-0.05, 0) is 78.6 Å². The Morgan fingerprint density at radius 1 is 0.463 bits per heavy atom. The lowest BCUT2D eigenvalue weighted by atomic mass is 9.92. The summed E-state index contributed by atoms with van der Waals surface area (Å²) < 4.78 is 96.6. The fraction of sp³-hybridized carbons (Fsp3) is 0.268. The van der Waals surface area contributed by atoms with E-state index in [1.165, 1.54) is 26.0 Å². The van der Waals surface area contributed by atoms with E-state index in [2.05, 4.69) is 0 Å². The highest BCUT2D eigenvalue weighted by atomic mass is 32.1. The van der Waals surface area contributed by atoms with Crippen LogP contribution in [0.15, 0.2) is 48.5 Å². The third-order valence-corrected chi connectivity index (χ3v) is 14.6. The van der Waals surface area contributed by atoms with Crippen LogP contribution in [0.4, 0.5) is 26.3 Å². The van der Waals surface area contributed by atoms with Crippen molar-refractivity contribution in [1.82, 2.24) is 0 Å². The maximum absolute atomic E-state index is 15.2. The number of fused-ring (bicyclic) bond motifs is 2. The van der Waals surface area contributed by atoms with Crippen molar-refractivity contribution < 1.29 is 40.7 Å². The van der Waals surface area contributed by atoms with Gasteiger partial charge in [0.2, 0.25) is 0 Å². The number of cyclic esters (lactones) is 2. The molecule has 2 aromatic carbocycles. The number of aryl methyl sites for hydroxylation is 6. The summed E-state index contributed by atoms with van der Waals surface area (Å²) in [4.78, 5) is 29.8. The topological polar surface area (TPSA) is 43.4 Å². The molecule has 0 radical (unpaired) electrons. The second kappa shape index (κ2) is 13.0. The van der Waals surface area contributed by atoms with Gasteiger partial charge in [-0.25, -0.2) is 9.59 Å². The number of allylic oxidation sites excluding steroid dienone is 2. The largest absolute Gasteiger partial charge is 0.386 e. The van der Waals surface area contributed by atoms with Crippen LogP contribution in [0.3, 0.4) is 0 Å². The highest BCUT2D eigenvalue weighted by molar-refractivity contribution is 7.19. The van der Waals surface area contributed by atoms with Gasteiger partial charge in [0.1, 0.15) is 0 Å². The van der Waals surface area contributed by atoms with Gasteiger partial charge >= 0.3 is 29.7 Å². The molecule has 5 heterocycles. The zero-order valence-corrected chi connectivity index (χ0v) is 33.5. The number of ether oxygens (including phenoxy) is 1. The Morgan fingerprint density at radius 2 is 0.796 bits per heavy atom. The second-order valence-electron chi connectivity index (χ2n) is 13.4. The van der Waals surface area contributed by atoms with Crippen LogP contribution in [-0.4, -0.2) is 29.7 Å². The third-order valence-electron chi connectivity index (χ3n) is 10.2. The molecule has 280 valence electrons. The predicted octanol–water partition coefficient (Wildman–Crippen LogP) is 13.2. The number of halogens is 6. The van der Waals surface area contributed by atoms with Gasteiger partial charge in [0.25, 0.3) is 0 Å². The Labute approximate surface area is 323 Å². The molecule has 13 heteroatoms. The van der Waals surface area contributed by atoms with Crippen LogP contribution in [0.2, 0.25) is 0 Å². The van der Waals surface area contributed by atoms with E-state index < -0.39 is 40.9 Å². The van der Waals surface area contributed by atoms with Crippen molar-refractivity contribution in [3.8, 4) is 0 Å². The number of carbonyl (C=O) groups is 2. The monoisotopic (exact) mass is 814 g/mol. The zero-order valence-electron chi connectivity index (χ0n) is 30.2. The average molecular weight is 815 g/mol. The van der Waals surface area contributed by atoms with E-state index >= 15 is 17.6 Å². The van der Waals surface area contributed by atoms with E-state index in [-0.39, 0.29) is 21.9 Å². The van der Waals surface area contributed by atoms with Gasteiger partial charge in [-0.15, -0.1) is 45.3 Å². The molecule has 3 nitrogen and oxygen atoms in total. The average Bonchev–Trinajstić information content (AvgIpc) is 3.84. The Balaban J connectivity index is 0.000000175. The summed E-state index contributed by atoms with van der Waals surface area (Å²) in [5, 5.41) is 0.533. The Bertz CT molecular complexity index is 2470. The number of hydrogen-bond acceptors (Lipinski definition) is 7. The fourth-order valence-electron chi connectivity index (χ4n) is 7.51. The van der Waals surface area contributed by atoms with Crippen LogP contribution in [-0.2, 0) is 14.3 Å². The van der Waals surface area contributed by atoms with Gasteiger partial charge in [-0.2, -0.15) is 26.3 Å². The quantitative estimate of drug-likeness (QED) is 0.101. The third kappa shape index (κ3) is 5.40. The number of esters is 2. The van der Waals surface area contributed by atoms with Gasteiger partial charge in [0.15, 0.2) is 0 Å². The molecule has 0 fully saturated rings. The van der Waals surface area contributed by atoms with Crippen molar-refractivity contribution >= 4 is 99.8 Å². The molecule has 0 atom stereocenters. The fourth-order valence-corrected chi connectivity index (χ4v) is 11.8. The summed E-state index contributed by atoms with van der Waals surface area (Å²) in [6.07, 6.45) is 0. The first-order chi connectivity index (χ1) is 25.2. The maximum Gasteiger partial charge on any atom is 0.380 e. The molecule has 0 saturated carbocycles. The summed E-state index contributed by atoms with van der Waals surface area (Å²) in [6, 6.07) is 12.8. The summed E-state index contributed by atoms with van der Waals surface area (Å²) in [7, 11) is 0. The summed E-state index contributed by atoms with van der Waals surface area (Å²) >= 11 is 5.53. The molecule has 0 saturated heterocycles. The van der Waals surface area contributed by atoms with E-state index in [1.807, 2.05) is 41.5 Å². The second-order valence-corrected chi connectivity index (χ2v) is 18.8. The van der Waals surface area contributed by atoms with E-state index in [0.717, 1.165) is 64.4 Å². The molecule has 1 aliphatic carbocycles. The van der Waals surface area contributed by atoms with E-state index in [4.69, 9.17) is 4.74 Å². The predicted molar refractivity (Wildman–Crippen MR) is 210 cm³/mol. The minimum Gasteiger partial charge on any atom is -0.386 e. The first-order valence-corrected chi connectivity index (χ1v) is 20.0. The van der Waals surface area contributed by atoms with Crippen molar-refractivity contribution in [3.05, 3.63) is 111 Å². The number of carbonyl (C=O) groups excluding carboxylic acids is 2. The minimum absolute atomic E-state index is 0.230.